The molecule has 0 aliphatic heterocycles. The summed E-state index contributed by atoms with van der Waals surface area (Å²) in [6.07, 6.45) is 22.7. The Labute approximate surface area is 201 Å². The summed E-state index contributed by atoms with van der Waals surface area (Å²) in [5.74, 6) is 0.403. The monoisotopic (exact) mass is 476 g/mol. The van der Waals surface area contributed by atoms with Gasteiger partial charge in [-0.3, -0.25) is 4.57 Å². The minimum absolute atomic E-state index is 0.403. The molecule has 0 aliphatic carbocycles. The largest absolute Gasteiger partial charge is 0.385 e. The molecule has 0 aromatic carbocycles. The highest BCUT2D eigenvalue weighted by Gasteiger charge is 2.25. The molecule has 0 aromatic heterocycles. The van der Waals surface area contributed by atoms with Crippen LogP contribution in [0.2, 0.25) is 0 Å². The van der Waals surface area contributed by atoms with Gasteiger partial charge in [-0.25, -0.2) is 0 Å². The van der Waals surface area contributed by atoms with Gasteiger partial charge >= 0.3 is 7.60 Å². The molecule has 0 aliphatic rings. The van der Waals surface area contributed by atoms with Gasteiger partial charge in [0.15, 0.2) is 0 Å². The first-order valence-electron chi connectivity index (χ1n) is 14.0. The van der Waals surface area contributed by atoms with Gasteiger partial charge in [0.2, 0.25) is 0 Å². The summed E-state index contributed by atoms with van der Waals surface area (Å²) in [6.45, 7) is 8.43. The minimum Gasteiger partial charge on any atom is -0.385 e. The van der Waals surface area contributed by atoms with Crippen molar-refractivity contribution in [1.82, 2.24) is 0 Å². The molecule has 2 atom stereocenters. The fourth-order valence-electron chi connectivity index (χ4n) is 3.97. The van der Waals surface area contributed by atoms with E-state index in [9.17, 15) is 4.57 Å². The highest BCUT2D eigenvalue weighted by Crippen LogP contribution is 2.49. The number of ether oxygens (including phenoxy) is 1. The van der Waals surface area contributed by atoms with Crippen LogP contribution in [-0.2, 0) is 18.3 Å². The Morgan fingerprint density at radius 3 is 1.66 bits per heavy atom. The number of rotatable bonds is 26. The lowest BCUT2D eigenvalue weighted by atomic mass is 10.0. The first-order valence-corrected chi connectivity index (χ1v) is 15.7. The molecule has 194 valence electrons. The Kier molecular flexibility index (Phi) is 24.3. The van der Waals surface area contributed by atoms with Crippen molar-refractivity contribution >= 4 is 7.60 Å². The van der Waals surface area contributed by atoms with E-state index in [4.69, 9.17) is 13.8 Å². The Morgan fingerprint density at radius 2 is 1.12 bits per heavy atom. The molecule has 0 amide bonds. The van der Waals surface area contributed by atoms with Crippen molar-refractivity contribution in [3.63, 3.8) is 0 Å². The summed E-state index contributed by atoms with van der Waals surface area (Å²) < 4.78 is 30.4. The lowest BCUT2D eigenvalue weighted by Crippen LogP contribution is -2.13. The van der Waals surface area contributed by atoms with Crippen LogP contribution in [0.25, 0.3) is 0 Å². The van der Waals surface area contributed by atoms with E-state index in [1.807, 2.05) is 0 Å². The highest BCUT2D eigenvalue weighted by molar-refractivity contribution is 7.53. The topological polar surface area (TPSA) is 44.8 Å². The van der Waals surface area contributed by atoms with Crippen molar-refractivity contribution in [2.75, 3.05) is 33.1 Å². The maximum Gasteiger partial charge on any atom is 0.330 e. The number of methoxy groups -OCH3 is 1. The first-order chi connectivity index (χ1) is 15.6. The molecule has 4 nitrogen and oxygen atoms in total. The quantitative estimate of drug-likeness (QED) is 0.0920. The first kappa shape index (κ1) is 32.1. The average Bonchev–Trinajstić information content (AvgIpc) is 2.80. The molecule has 0 saturated heterocycles. The highest BCUT2D eigenvalue weighted by atomic mass is 31.2. The van der Waals surface area contributed by atoms with Crippen molar-refractivity contribution in [3.8, 4) is 0 Å². The molecule has 0 saturated carbocycles. The summed E-state index contributed by atoms with van der Waals surface area (Å²) in [5, 5.41) is 0. The van der Waals surface area contributed by atoms with E-state index in [0.29, 0.717) is 25.3 Å². The molecule has 0 N–H and O–H groups in total. The van der Waals surface area contributed by atoms with E-state index in [2.05, 4.69) is 20.8 Å². The van der Waals surface area contributed by atoms with Gasteiger partial charge in [0, 0.05) is 13.7 Å². The smallest absolute Gasteiger partial charge is 0.330 e. The van der Waals surface area contributed by atoms with Gasteiger partial charge in [0.05, 0.1) is 19.4 Å². The second-order valence-electron chi connectivity index (χ2n) is 9.50. The van der Waals surface area contributed by atoms with Gasteiger partial charge in [0.1, 0.15) is 0 Å². The van der Waals surface area contributed by atoms with Gasteiger partial charge in [-0.1, -0.05) is 111 Å². The van der Waals surface area contributed by atoms with E-state index < -0.39 is 7.60 Å². The number of unbranched alkanes of at least 4 members (excludes halogenated alkanes) is 13. The fraction of sp³-hybridized carbons (Fsp3) is 1.00. The molecule has 0 rings (SSSR count). The molecule has 0 bridgehead atoms. The lowest BCUT2D eigenvalue weighted by Gasteiger charge is -2.22. The van der Waals surface area contributed by atoms with E-state index in [1.165, 1.54) is 77.0 Å². The molecule has 0 aromatic rings. The summed E-state index contributed by atoms with van der Waals surface area (Å²) in [5.41, 5.74) is 0. The second kappa shape index (κ2) is 24.2. The SMILES string of the molecule is CCCCCCCCCCCCCCOP(=O)(CCCC)OCC(CCCC)CCOC. The Balaban J connectivity index is 4.01. The molecular formula is C27H57O4P. The van der Waals surface area contributed by atoms with Crippen LogP contribution >= 0.6 is 7.60 Å². The third-order valence-electron chi connectivity index (χ3n) is 6.27. The molecule has 0 radical (unpaired) electrons. The molecule has 2 unspecified atom stereocenters. The van der Waals surface area contributed by atoms with Gasteiger partial charge in [-0.2, -0.15) is 0 Å². The molecule has 32 heavy (non-hydrogen) atoms. The van der Waals surface area contributed by atoms with Crippen LogP contribution in [-0.4, -0.2) is 33.1 Å². The Hall–Kier alpha value is 0.110. The van der Waals surface area contributed by atoms with Crippen molar-refractivity contribution in [1.29, 1.82) is 0 Å². The van der Waals surface area contributed by atoms with Gasteiger partial charge in [-0.15, -0.1) is 0 Å². The van der Waals surface area contributed by atoms with Gasteiger partial charge in [-0.05, 0) is 31.6 Å². The van der Waals surface area contributed by atoms with Crippen LogP contribution in [0, 0.1) is 5.92 Å². The zero-order valence-electron chi connectivity index (χ0n) is 22.2. The van der Waals surface area contributed by atoms with Gasteiger partial charge < -0.3 is 13.8 Å². The summed E-state index contributed by atoms with van der Waals surface area (Å²) >= 11 is 0. The van der Waals surface area contributed by atoms with Crippen LogP contribution in [0.5, 0.6) is 0 Å². The van der Waals surface area contributed by atoms with Crippen LogP contribution in [0.3, 0.4) is 0 Å². The predicted octanol–water partition coefficient (Wildman–Crippen LogP) is 9.56. The third kappa shape index (κ3) is 20.7. The van der Waals surface area contributed by atoms with Crippen molar-refractivity contribution in [3.05, 3.63) is 0 Å². The van der Waals surface area contributed by atoms with E-state index in [0.717, 1.165) is 45.1 Å². The second-order valence-corrected chi connectivity index (χ2v) is 11.7. The summed E-state index contributed by atoms with van der Waals surface area (Å²) in [4.78, 5) is 0. The zero-order chi connectivity index (χ0) is 23.8. The van der Waals surface area contributed by atoms with Crippen LogP contribution in [0.1, 0.15) is 136 Å². The normalized spacial score (nSPS) is 14.5. The third-order valence-corrected chi connectivity index (χ3v) is 8.26. The predicted molar refractivity (Wildman–Crippen MR) is 140 cm³/mol. The average molecular weight is 477 g/mol. The van der Waals surface area contributed by atoms with Crippen molar-refractivity contribution < 1.29 is 18.3 Å². The Morgan fingerprint density at radius 1 is 0.594 bits per heavy atom. The lowest BCUT2D eigenvalue weighted by molar-refractivity contribution is 0.134. The minimum atomic E-state index is -2.98. The van der Waals surface area contributed by atoms with Crippen molar-refractivity contribution in [2.45, 2.75) is 136 Å². The summed E-state index contributed by atoms with van der Waals surface area (Å²) in [6, 6.07) is 0. The molecular weight excluding hydrogens is 419 g/mol. The maximum atomic E-state index is 13.2. The maximum absolute atomic E-state index is 13.2. The van der Waals surface area contributed by atoms with Crippen LogP contribution in [0.15, 0.2) is 0 Å². The van der Waals surface area contributed by atoms with E-state index in [-0.39, 0.29) is 0 Å². The van der Waals surface area contributed by atoms with Crippen LogP contribution < -0.4 is 0 Å². The standard InChI is InChI=1S/C27H57O4P/c1-5-8-11-12-13-14-15-16-17-18-19-20-23-30-32(28,25-10-7-3)31-26-27(21-9-6-2)22-24-29-4/h27H,5-26H2,1-4H3. The molecule has 5 heteroatoms. The molecule has 0 fully saturated rings. The van der Waals surface area contributed by atoms with E-state index in [1.54, 1.807) is 7.11 Å². The van der Waals surface area contributed by atoms with Gasteiger partial charge in [0.25, 0.3) is 0 Å². The number of hydrogen-bond acceptors (Lipinski definition) is 4. The van der Waals surface area contributed by atoms with E-state index >= 15 is 0 Å². The summed E-state index contributed by atoms with van der Waals surface area (Å²) in [7, 11) is -1.24. The van der Waals surface area contributed by atoms with Crippen molar-refractivity contribution in [2.24, 2.45) is 5.92 Å². The Bertz CT molecular complexity index is 408. The van der Waals surface area contributed by atoms with Crippen LogP contribution in [0.4, 0.5) is 0 Å². The fourth-order valence-corrected chi connectivity index (χ4v) is 5.85. The molecule has 0 heterocycles. The zero-order valence-corrected chi connectivity index (χ0v) is 23.1. The molecule has 0 spiro atoms. The number of hydrogen-bond donors (Lipinski definition) is 0.